The lowest BCUT2D eigenvalue weighted by Crippen LogP contribution is -2.20. The van der Waals surface area contributed by atoms with Crippen LogP contribution in [-0.2, 0) is 0 Å². The van der Waals surface area contributed by atoms with Crippen molar-refractivity contribution in [3.63, 3.8) is 0 Å². The van der Waals surface area contributed by atoms with Crippen LogP contribution in [0.1, 0.15) is 31.4 Å². The summed E-state index contributed by atoms with van der Waals surface area (Å²) >= 11 is 1.92. The van der Waals surface area contributed by atoms with E-state index in [9.17, 15) is 0 Å². The van der Waals surface area contributed by atoms with Crippen molar-refractivity contribution in [3.8, 4) is 5.75 Å². The topological polar surface area (TPSA) is 21.3 Å². The molecule has 0 radical (unpaired) electrons. The van der Waals surface area contributed by atoms with Gasteiger partial charge in [-0.2, -0.15) is 11.8 Å². The van der Waals surface area contributed by atoms with Gasteiger partial charge in [-0.05, 0) is 44.4 Å². The van der Waals surface area contributed by atoms with Crippen LogP contribution in [0.4, 0.5) is 0 Å². The number of benzene rings is 1. The molecule has 0 amide bonds. The first-order chi connectivity index (χ1) is 8.29. The molecule has 2 nitrogen and oxygen atoms in total. The van der Waals surface area contributed by atoms with E-state index in [0.717, 1.165) is 12.3 Å². The number of thioether (sulfide) groups is 1. The Balaban J connectivity index is 2.38. The Morgan fingerprint density at radius 3 is 2.76 bits per heavy atom. The van der Waals surface area contributed by atoms with Gasteiger partial charge in [0.25, 0.3) is 0 Å². The van der Waals surface area contributed by atoms with E-state index in [1.54, 1.807) is 7.11 Å². The number of unbranched alkanes of at least 4 members (excludes halogenated alkanes) is 1. The van der Waals surface area contributed by atoms with E-state index in [-0.39, 0.29) is 0 Å². The van der Waals surface area contributed by atoms with Crippen LogP contribution in [0.25, 0.3) is 0 Å². The molecule has 1 rings (SSSR count). The third-order valence-corrected chi connectivity index (χ3v) is 3.53. The molecular weight excluding hydrogens is 230 g/mol. The molecule has 1 N–H and O–H groups in total. The average molecular weight is 253 g/mol. The standard InChI is InChI=1S/C14H23NOS/c1-12(15-10-6-7-11-17-3)13-8-4-5-9-14(13)16-2/h4-5,8-9,12,15H,6-7,10-11H2,1-3H3/t12-/m0/s1. The normalized spacial score (nSPS) is 12.4. The summed E-state index contributed by atoms with van der Waals surface area (Å²) in [6.45, 7) is 3.26. The summed E-state index contributed by atoms with van der Waals surface area (Å²) in [5, 5.41) is 3.54. The van der Waals surface area contributed by atoms with Crippen molar-refractivity contribution in [2.24, 2.45) is 0 Å². The van der Waals surface area contributed by atoms with Crippen LogP contribution in [0.15, 0.2) is 24.3 Å². The van der Waals surface area contributed by atoms with E-state index in [2.05, 4.69) is 30.6 Å². The molecule has 0 aliphatic rings. The molecule has 0 aliphatic carbocycles. The number of nitrogens with one attached hydrogen (secondary N) is 1. The van der Waals surface area contributed by atoms with Gasteiger partial charge < -0.3 is 10.1 Å². The molecule has 17 heavy (non-hydrogen) atoms. The number of hydrogen-bond donors (Lipinski definition) is 1. The zero-order valence-electron chi connectivity index (χ0n) is 11.0. The van der Waals surface area contributed by atoms with Crippen molar-refractivity contribution in [1.82, 2.24) is 5.32 Å². The van der Waals surface area contributed by atoms with Gasteiger partial charge in [0.2, 0.25) is 0 Å². The molecule has 0 unspecified atom stereocenters. The maximum absolute atomic E-state index is 5.37. The Bertz CT molecular complexity index is 317. The first-order valence-corrected chi connectivity index (χ1v) is 7.54. The Morgan fingerprint density at radius 2 is 2.06 bits per heavy atom. The Morgan fingerprint density at radius 1 is 1.29 bits per heavy atom. The first-order valence-electron chi connectivity index (χ1n) is 6.14. The van der Waals surface area contributed by atoms with Crippen LogP contribution in [0.5, 0.6) is 5.75 Å². The second kappa shape index (κ2) is 8.43. The second-order valence-electron chi connectivity index (χ2n) is 4.12. The Hall–Kier alpha value is -0.670. The maximum Gasteiger partial charge on any atom is 0.123 e. The molecule has 1 aromatic carbocycles. The minimum absolute atomic E-state index is 0.348. The smallest absolute Gasteiger partial charge is 0.123 e. The van der Waals surface area contributed by atoms with Gasteiger partial charge in [0, 0.05) is 11.6 Å². The molecule has 0 saturated carbocycles. The lowest BCUT2D eigenvalue weighted by molar-refractivity contribution is 0.401. The van der Waals surface area contributed by atoms with Crippen molar-refractivity contribution in [1.29, 1.82) is 0 Å². The third kappa shape index (κ3) is 5.00. The van der Waals surface area contributed by atoms with Gasteiger partial charge in [0.1, 0.15) is 5.75 Å². The first kappa shape index (κ1) is 14.4. The summed E-state index contributed by atoms with van der Waals surface area (Å²) in [6.07, 6.45) is 4.68. The van der Waals surface area contributed by atoms with Crippen molar-refractivity contribution in [2.45, 2.75) is 25.8 Å². The minimum Gasteiger partial charge on any atom is -0.496 e. The highest BCUT2D eigenvalue weighted by Crippen LogP contribution is 2.24. The maximum atomic E-state index is 5.37. The highest BCUT2D eigenvalue weighted by atomic mass is 32.2. The van der Waals surface area contributed by atoms with Crippen LogP contribution in [0, 0.1) is 0 Å². The van der Waals surface area contributed by atoms with E-state index >= 15 is 0 Å². The molecule has 0 spiro atoms. The number of para-hydroxylation sites is 1. The molecule has 0 fully saturated rings. The number of ether oxygens (including phenoxy) is 1. The number of rotatable bonds is 8. The molecule has 96 valence electrons. The Labute approximate surface area is 109 Å². The van der Waals surface area contributed by atoms with Crippen LogP contribution in [-0.4, -0.2) is 25.7 Å². The average Bonchev–Trinajstić information content (AvgIpc) is 2.38. The highest BCUT2D eigenvalue weighted by molar-refractivity contribution is 7.98. The Kier molecular flexibility index (Phi) is 7.13. The molecular formula is C14H23NOS. The molecule has 0 aromatic heterocycles. The highest BCUT2D eigenvalue weighted by Gasteiger charge is 2.09. The zero-order chi connectivity index (χ0) is 12.5. The third-order valence-electron chi connectivity index (χ3n) is 2.83. The summed E-state index contributed by atoms with van der Waals surface area (Å²) in [5.41, 5.74) is 1.24. The fraction of sp³-hybridized carbons (Fsp3) is 0.571. The SMILES string of the molecule is COc1ccccc1[C@H](C)NCCCCSC. The lowest BCUT2D eigenvalue weighted by atomic mass is 10.1. The van der Waals surface area contributed by atoms with Gasteiger partial charge in [-0.15, -0.1) is 0 Å². The van der Waals surface area contributed by atoms with Gasteiger partial charge in [-0.3, -0.25) is 0 Å². The zero-order valence-corrected chi connectivity index (χ0v) is 11.8. The van der Waals surface area contributed by atoms with E-state index < -0.39 is 0 Å². The molecule has 3 heteroatoms. The minimum atomic E-state index is 0.348. The number of hydrogen-bond acceptors (Lipinski definition) is 3. The fourth-order valence-electron chi connectivity index (χ4n) is 1.82. The van der Waals surface area contributed by atoms with Crippen molar-refractivity contribution in [3.05, 3.63) is 29.8 Å². The summed E-state index contributed by atoms with van der Waals surface area (Å²) in [7, 11) is 1.73. The van der Waals surface area contributed by atoms with Crippen molar-refractivity contribution in [2.75, 3.05) is 25.7 Å². The molecule has 0 saturated heterocycles. The van der Waals surface area contributed by atoms with E-state index in [1.807, 2.05) is 23.9 Å². The second-order valence-corrected chi connectivity index (χ2v) is 5.10. The van der Waals surface area contributed by atoms with Gasteiger partial charge in [0.05, 0.1) is 7.11 Å². The number of methoxy groups -OCH3 is 1. The van der Waals surface area contributed by atoms with Crippen LogP contribution >= 0.6 is 11.8 Å². The summed E-state index contributed by atoms with van der Waals surface area (Å²) in [6, 6.07) is 8.55. The monoisotopic (exact) mass is 253 g/mol. The summed E-state index contributed by atoms with van der Waals surface area (Å²) in [5.74, 6) is 2.22. The molecule has 0 bridgehead atoms. The van der Waals surface area contributed by atoms with Crippen molar-refractivity contribution < 1.29 is 4.74 Å². The van der Waals surface area contributed by atoms with Gasteiger partial charge in [-0.25, -0.2) is 0 Å². The van der Waals surface area contributed by atoms with Crippen molar-refractivity contribution >= 4 is 11.8 Å². The largest absolute Gasteiger partial charge is 0.496 e. The predicted molar refractivity (Wildman–Crippen MR) is 77.0 cm³/mol. The lowest BCUT2D eigenvalue weighted by Gasteiger charge is -2.17. The molecule has 1 atom stereocenters. The molecule has 0 aliphatic heterocycles. The fourth-order valence-corrected chi connectivity index (χ4v) is 2.32. The summed E-state index contributed by atoms with van der Waals surface area (Å²) < 4.78 is 5.37. The quantitative estimate of drug-likeness (QED) is 0.717. The van der Waals surface area contributed by atoms with E-state index in [1.165, 1.54) is 24.2 Å². The van der Waals surface area contributed by atoms with Gasteiger partial charge >= 0.3 is 0 Å². The van der Waals surface area contributed by atoms with Gasteiger partial charge in [-0.1, -0.05) is 18.2 Å². The van der Waals surface area contributed by atoms with E-state index in [4.69, 9.17) is 4.74 Å². The van der Waals surface area contributed by atoms with Crippen LogP contribution in [0.3, 0.4) is 0 Å². The van der Waals surface area contributed by atoms with Crippen LogP contribution in [0.2, 0.25) is 0 Å². The molecule has 1 aromatic rings. The predicted octanol–water partition coefficient (Wildman–Crippen LogP) is 3.49. The van der Waals surface area contributed by atoms with Gasteiger partial charge in [0.15, 0.2) is 0 Å². The summed E-state index contributed by atoms with van der Waals surface area (Å²) in [4.78, 5) is 0. The van der Waals surface area contributed by atoms with E-state index in [0.29, 0.717) is 6.04 Å². The molecule has 0 heterocycles. The van der Waals surface area contributed by atoms with Crippen LogP contribution < -0.4 is 10.1 Å².